The fourth-order valence-corrected chi connectivity index (χ4v) is 8.73. The minimum atomic E-state index is -4.43. The molecule has 0 unspecified atom stereocenters. The number of nitrogens with zero attached hydrogens (tertiary/aromatic N) is 4. The molecule has 0 bridgehead atoms. The number of piperazine rings is 1. The van der Waals surface area contributed by atoms with Crippen LogP contribution < -0.4 is 14.9 Å². The van der Waals surface area contributed by atoms with E-state index in [1.54, 1.807) is 23.9 Å². The van der Waals surface area contributed by atoms with Crippen LogP contribution in [0.4, 0.5) is 17.1 Å². The van der Waals surface area contributed by atoms with Gasteiger partial charge in [-0.2, -0.15) is 0 Å². The first-order valence-corrected chi connectivity index (χ1v) is 21.0. The number of carbonyl (C=O) groups excluding carboxylic acids is 1. The molecule has 5 aromatic rings. The maximum absolute atomic E-state index is 13.4. The number of nitrogens with one attached hydrogen (secondary N) is 2. The maximum atomic E-state index is 13.4. The zero-order valence-electron chi connectivity index (χ0n) is 31.9. The Hall–Kier alpha value is -5.21. The first-order valence-electron chi connectivity index (χ1n) is 18.6. The quantitative estimate of drug-likeness (QED) is 0.0586. The van der Waals surface area contributed by atoms with Gasteiger partial charge < -0.3 is 15.1 Å². The third-order valence-corrected chi connectivity index (χ3v) is 12.6. The highest BCUT2D eigenvalue weighted by Crippen LogP contribution is 2.34. The summed E-state index contributed by atoms with van der Waals surface area (Å²) in [5, 5.41) is 15.6. The van der Waals surface area contributed by atoms with E-state index in [4.69, 9.17) is 0 Å². The first kappa shape index (κ1) is 40.5. The maximum Gasteiger partial charge on any atom is 0.293 e. The lowest BCUT2D eigenvalue weighted by Crippen LogP contribution is -2.46. The molecule has 1 amide bonds. The molecule has 1 aliphatic rings. The summed E-state index contributed by atoms with van der Waals surface area (Å²) < 4.78 is 28.9. The summed E-state index contributed by atoms with van der Waals surface area (Å²) in [4.78, 5) is 32.3. The highest BCUT2D eigenvalue weighted by molar-refractivity contribution is 7.99. The number of hydrogen-bond donors (Lipinski definition) is 2. The number of nitro benzene ring substituents is 1. The molecule has 292 valence electrons. The zero-order valence-corrected chi connectivity index (χ0v) is 33.6. The molecular formula is C43H48N6O5S2. The van der Waals surface area contributed by atoms with Gasteiger partial charge in [-0.3, -0.25) is 19.8 Å². The van der Waals surface area contributed by atoms with Crippen molar-refractivity contribution in [3.8, 4) is 11.1 Å². The first-order chi connectivity index (χ1) is 26.9. The SMILES string of the molecule is CN(C)CC[C@@](C)(CSc1ccccc1)Nc1ccc(S(=O)(=O)NC(=O)c2ccc(N3CCN(Cc4ccccc4-c4ccccc4)CC3)cc2)cc1[N+](=O)[O-]. The Bertz CT molecular complexity index is 2220. The van der Waals surface area contributed by atoms with Gasteiger partial charge in [0.1, 0.15) is 5.69 Å². The molecular weight excluding hydrogens is 745 g/mol. The van der Waals surface area contributed by atoms with Crippen molar-refractivity contribution in [2.24, 2.45) is 0 Å². The lowest BCUT2D eigenvalue weighted by molar-refractivity contribution is -0.384. The second-order valence-electron chi connectivity index (χ2n) is 14.5. The number of thioether (sulfide) groups is 1. The van der Waals surface area contributed by atoms with Crippen LogP contribution in [0.25, 0.3) is 11.1 Å². The van der Waals surface area contributed by atoms with E-state index in [9.17, 15) is 23.3 Å². The molecule has 6 rings (SSSR count). The fraction of sp³-hybridized carbons (Fsp3) is 0.279. The average Bonchev–Trinajstić information content (AvgIpc) is 3.20. The summed E-state index contributed by atoms with van der Waals surface area (Å²) in [6.45, 7) is 6.92. The van der Waals surface area contributed by atoms with Crippen LogP contribution in [0.1, 0.15) is 29.3 Å². The highest BCUT2D eigenvalue weighted by Gasteiger charge is 2.30. The minimum absolute atomic E-state index is 0.161. The van der Waals surface area contributed by atoms with Gasteiger partial charge >= 0.3 is 0 Å². The molecule has 0 spiro atoms. The van der Waals surface area contributed by atoms with Crippen molar-refractivity contribution < 1.29 is 18.1 Å². The van der Waals surface area contributed by atoms with E-state index >= 15 is 0 Å². The van der Waals surface area contributed by atoms with Crippen molar-refractivity contribution in [2.45, 2.75) is 35.2 Å². The van der Waals surface area contributed by atoms with Crippen LogP contribution in [-0.2, 0) is 16.6 Å². The molecule has 1 fully saturated rings. The van der Waals surface area contributed by atoms with Crippen LogP contribution in [0.15, 0.2) is 137 Å². The van der Waals surface area contributed by atoms with E-state index < -0.39 is 32.1 Å². The molecule has 0 aliphatic carbocycles. The largest absolute Gasteiger partial charge is 0.373 e. The topological polar surface area (TPSA) is 128 Å². The second-order valence-corrected chi connectivity index (χ2v) is 17.3. The predicted octanol–water partition coefficient (Wildman–Crippen LogP) is 7.62. The van der Waals surface area contributed by atoms with Crippen molar-refractivity contribution in [3.05, 3.63) is 149 Å². The second kappa shape index (κ2) is 18.2. The van der Waals surface area contributed by atoms with Gasteiger partial charge in [0.05, 0.1) is 9.82 Å². The third kappa shape index (κ3) is 10.5. The Kier molecular flexibility index (Phi) is 13.1. The van der Waals surface area contributed by atoms with E-state index in [-0.39, 0.29) is 16.1 Å². The molecule has 13 heteroatoms. The minimum Gasteiger partial charge on any atom is -0.373 e. The summed E-state index contributed by atoms with van der Waals surface area (Å²) in [5.41, 5.74) is 4.05. The molecule has 1 saturated heterocycles. The van der Waals surface area contributed by atoms with E-state index in [0.29, 0.717) is 12.2 Å². The van der Waals surface area contributed by atoms with Crippen LogP contribution in [0.5, 0.6) is 0 Å². The van der Waals surface area contributed by atoms with Gasteiger partial charge in [-0.15, -0.1) is 11.8 Å². The summed E-state index contributed by atoms with van der Waals surface area (Å²) in [5.74, 6) is -0.213. The smallest absolute Gasteiger partial charge is 0.293 e. The number of amides is 1. The van der Waals surface area contributed by atoms with Crippen LogP contribution in [0.3, 0.4) is 0 Å². The Labute approximate surface area is 333 Å². The third-order valence-electron chi connectivity index (χ3n) is 9.91. The number of rotatable bonds is 16. The molecule has 0 radical (unpaired) electrons. The normalized spacial score (nSPS) is 14.6. The van der Waals surface area contributed by atoms with E-state index in [1.165, 1.54) is 28.8 Å². The lowest BCUT2D eigenvalue weighted by Gasteiger charge is -2.36. The lowest BCUT2D eigenvalue weighted by atomic mass is 9.99. The summed E-state index contributed by atoms with van der Waals surface area (Å²) >= 11 is 1.63. The zero-order chi connectivity index (χ0) is 39.7. The van der Waals surface area contributed by atoms with Gasteiger partial charge in [0.15, 0.2) is 0 Å². The van der Waals surface area contributed by atoms with E-state index in [1.807, 2.05) is 74.4 Å². The highest BCUT2D eigenvalue weighted by atomic mass is 32.2. The number of nitro groups is 1. The van der Waals surface area contributed by atoms with Crippen molar-refractivity contribution >= 4 is 44.8 Å². The number of anilines is 2. The standard InChI is InChI=1S/C43H48N6O5S2/c1-43(24-25-46(2)3,32-55-37-15-8-5-9-16-37)44-40-23-22-38(30-41(40)49(51)52)56(53,54)45-42(50)34-18-20-36(21-19-34)48-28-26-47(27-29-48)31-35-14-10-11-17-39(35)33-12-6-4-7-13-33/h4-23,30,44H,24-29,31-32H2,1-3H3,(H,45,50)/t43-/m0/s1. The molecule has 5 aromatic carbocycles. The van der Waals surface area contributed by atoms with Gasteiger partial charge in [-0.05, 0) is 99.2 Å². The van der Waals surface area contributed by atoms with Gasteiger partial charge in [0, 0.05) is 66.2 Å². The van der Waals surface area contributed by atoms with Gasteiger partial charge in [-0.1, -0.05) is 72.8 Å². The number of hydrogen-bond acceptors (Lipinski definition) is 10. The fourth-order valence-electron chi connectivity index (χ4n) is 6.69. The molecule has 11 nitrogen and oxygen atoms in total. The van der Waals surface area contributed by atoms with Gasteiger partial charge in [-0.25, -0.2) is 13.1 Å². The molecule has 1 aliphatic heterocycles. The van der Waals surface area contributed by atoms with Crippen molar-refractivity contribution in [3.63, 3.8) is 0 Å². The predicted molar refractivity (Wildman–Crippen MR) is 226 cm³/mol. The van der Waals surface area contributed by atoms with Gasteiger partial charge in [0.2, 0.25) is 0 Å². The average molecular weight is 793 g/mol. The van der Waals surface area contributed by atoms with Crippen molar-refractivity contribution in [1.82, 2.24) is 14.5 Å². The molecule has 1 atom stereocenters. The van der Waals surface area contributed by atoms with Crippen LogP contribution in [-0.4, -0.2) is 87.2 Å². The summed E-state index contributed by atoms with van der Waals surface area (Å²) in [6.07, 6.45) is 0.673. The van der Waals surface area contributed by atoms with E-state index in [2.05, 4.69) is 68.4 Å². The van der Waals surface area contributed by atoms with Crippen LogP contribution in [0, 0.1) is 10.1 Å². The molecule has 0 aromatic heterocycles. The Morgan fingerprint density at radius 2 is 1.50 bits per heavy atom. The van der Waals surface area contributed by atoms with Crippen LogP contribution >= 0.6 is 11.8 Å². The molecule has 2 N–H and O–H groups in total. The van der Waals surface area contributed by atoms with E-state index in [0.717, 1.165) is 55.9 Å². The Morgan fingerprint density at radius 3 is 2.16 bits per heavy atom. The number of sulfonamides is 1. The molecule has 0 saturated carbocycles. The Morgan fingerprint density at radius 1 is 0.857 bits per heavy atom. The molecule has 56 heavy (non-hydrogen) atoms. The monoisotopic (exact) mass is 792 g/mol. The Balaban J connectivity index is 1.08. The van der Waals surface area contributed by atoms with Crippen LogP contribution in [0.2, 0.25) is 0 Å². The summed E-state index contributed by atoms with van der Waals surface area (Å²) in [6, 6.07) is 39.3. The van der Waals surface area contributed by atoms with Crippen molar-refractivity contribution in [2.75, 3.05) is 62.8 Å². The summed E-state index contributed by atoms with van der Waals surface area (Å²) in [7, 11) is -0.506. The van der Waals surface area contributed by atoms with Gasteiger partial charge in [0.25, 0.3) is 21.6 Å². The number of benzene rings is 5. The molecule has 1 heterocycles. The van der Waals surface area contributed by atoms with Crippen molar-refractivity contribution in [1.29, 1.82) is 0 Å². The number of carbonyl (C=O) groups is 1.